The van der Waals surface area contributed by atoms with E-state index >= 15 is 0 Å². The average Bonchev–Trinajstić information content (AvgIpc) is 3.00. The highest BCUT2D eigenvalue weighted by Crippen LogP contribution is 2.25. The number of hydrogen-bond donors (Lipinski definition) is 2. The van der Waals surface area contributed by atoms with Gasteiger partial charge in [0.15, 0.2) is 5.65 Å². The van der Waals surface area contributed by atoms with Crippen molar-refractivity contribution in [3.05, 3.63) is 48.2 Å². The predicted octanol–water partition coefficient (Wildman–Crippen LogP) is 1.41. The minimum absolute atomic E-state index is 0.0888. The number of primary amides is 1. The number of nitrogens with one attached hydrogen (secondary N) is 1. The Morgan fingerprint density at radius 2 is 1.92 bits per heavy atom. The standard InChI is InChI=1S/C18H15N5O3/c19-16(25)14-4-2-1-3-13(14)10-5-6-15-20-18(22-23(15)9-10)21-17(26)11-7-12(24)8-11/h1-6,9,11H,7-8H2,(H2,19,25)(H,21,22,26). The molecule has 4 rings (SSSR count). The lowest BCUT2D eigenvalue weighted by Crippen LogP contribution is -2.34. The first-order valence-electron chi connectivity index (χ1n) is 8.09. The van der Waals surface area contributed by atoms with E-state index in [4.69, 9.17) is 5.73 Å². The maximum Gasteiger partial charge on any atom is 0.249 e. The number of benzene rings is 1. The first-order chi connectivity index (χ1) is 12.5. The Morgan fingerprint density at radius 1 is 1.15 bits per heavy atom. The number of aromatic nitrogens is 3. The Labute approximate surface area is 148 Å². The molecule has 0 atom stereocenters. The molecule has 0 spiro atoms. The maximum absolute atomic E-state index is 12.0. The zero-order valence-electron chi connectivity index (χ0n) is 13.7. The number of nitrogens with zero attached hydrogens (tertiary/aromatic N) is 3. The van der Waals surface area contributed by atoms with Crippen LogP contribution in [0.4, 0.5) is 5.95 Å². The molecule has 3 aromatic rings. The molecule has 130 valence electrons. The van der Waals surface area contributed by atoms with Gasteiger partial charge in [-0.3, -0.25) is 19.7 Å². The second-order valence-corrected chi connectivity index (χ2v) is 6.20. The first kappa shape index (κ1) is 15.9. The van der Waals surface area contributed by atoms with Crippen molar-refractivity contribution >= 4 is 29.2 Å². The van der Waals surface area contributed by atoms with Crippen LogP contribution in [0, 0.1) is 5.92 Å². The van der Waals surface area contributed by atoms with E-state index in [1.54, 1.807) is 30.5 Å². The Hall–Kier alpha value is -3.55. The van der Waals surface area contributed by atoms with E-state index in [0.29, 0.717) is 16.8 Å². The minimum Gasteiger partial charge on any atom is -0.366 e. The van der Waals surface area contributed by atoms with Crippen molar-refractivity contribution in [2.24, 2.45) is 11.7 Å². The van der Waals surface area contributed by atoms with Gasteiger partial charge in [0.05, 0.1) is 5.92 Å². The normalized spacial score (nSPS) is 14.2. The molecule has 3 N–H and O–H groups in total. The molecule has 0 unspecified atom stereocenters. The Balaban J connectivity index is 1.63. The molecular weight excluding hydrogens is 334 g/mol. The lowest BCUT2D eigenvalue weighted by molar-refractivity contribution is -0.135. The molecule has 1 saturated carbocycles. The second-order valence-electron chi connectivity index (χ2n) is 6.20. The predicted molar refractivity (Wildman–Crippen MR) is 93.3 cm³/mol. The van der Waals surface area contributed by atoms with Crippen molar-refractivity contribution < 1.29 is 14.4 Å². The quantitative estimate of drug-likeness (QED) is 0.738. The van der Waals surface area contributed by atoms with Crippen molar-refractivity contribution in [1.29, 1.82) is 0 Å². The summed E-state index contributed by atoms with van der Waals surface area (Å²) in [6.45, 7) is 0. The van der Waals surface area contributed by atoms with Crippen LogP contribution in [-0.4, -0.2) is 32.2 Å². The van der Waals surface area contributed by atoms with E-state index in [0.717, 1.165) is 5.56 Å². The number of carbonyl (C=O) groups is 3. The van der Waals surface area contributed by atoms with Gasteiger partial charge in [-0.1, -0.05) is 18.2 Å². The van der Waals surface area contributed by atoms with Gasteiger partial charge < -0.3 is 5.73 Å². The lowest BCUT2D eigenvalue weighted by Gasteiger charge is -2.21. The van der Waals surface area contributed by atoms with Crippen molar-refractivity contribution in [3.63, 3.8) is 0 Å². The molecule has 1 aliphatic carbocycles. The van der Waals surface area contributed by atoms with Crippen molar-refractivity contribution in [2.45, 2.75) is 12.8 Å². The molecule has 1 aromatic carbocycles. The average molecular weight is 349 g/mol. The fourth-order valence-corrected chi connectivity index (χ4v) is 2.93. The molecule has 2 aromatic heterocycles. The largest absolute Gasteiger partial charge is 0.366 e. The number of rotatable bonds is 4. The van der Waals surface area contributed by atoms with Gasteiger partial charge in [0.2, 0.25) is 17.8 Å². The summed E-state index contributed by atoms with van der Waals surface area (Å²) in [4.78, 5) is 38.9. The molecule has 1 fully saturated rings. The summed E-state index contributed by atoms with van der Waals surface area (Å²) in [7, 11) is 0. The lowest BCUT2D eigenvalue weighted by atomic mass is 9.83. The molecule has 0 bridgehead atoms. The van der Waals surface area contributed by atoms with Crippen molar-refractivity contribution in [3.8, 4) is 11.1 Å². The molecule has 2 heterocycles. The van der Waals surface area contributed by atoms with E-state index in [9.17, 15) is 14.4 Å². The number of ketones is 1. The highest BCUT2D eigenvalue weighted by molar-refractivity contribution is 6.01. The number of fused-ring (bicyclic) bond motifs is 1. The van der Waals surface area contributed by atoms with Gasteiger partial charge in [-0.2, -0.15) is 4.98 Å². The molecule has 0 aliphatic heterocycles. The minimum atomic E-state index is -0.512. The number of nitrogens with two attached hydrogens (primary N) is 1. The fourth-order valence-electron chi connectivity index (χ4n) is 2.93. The van der Waals surface area contributed by atoms with Crippen LogP contribution in [0.5, 0.6) is 0 Å². The van der Waals surface area contributed by atoms with Gasteiger partial charge in [-0.15, -0.1) is 5.10 Å². The van der Waals surface area contributed by atoms with E-state index in [-0.39, 0.29) is 36.4 Å². The molecule has 1 aliphatic rings. The van der Waals surface area contributed by atoms with Crippen LogP contribution in [0.25, 0.3) is 16.8 Å². The Bertz CT molecular complexity index is 1050. The highest BCUT2D eigenvalue weighted by Gasteiger charge is 2.33. The van der Waals surface area contributed by atoms with Crippen LogP contribution in [0.1, 0.15) is 23.2 Å². The maximum atomic E-state index is 12.0. The third kappa shape index (κ3) is 2.81. The van der Waals surface area contributed by atoms with Gasteiger partial charge in [0, 0.05) is 30.2 Å². The van der Waals surface area contributed by atoms with Crippen LogP contribution < -0.4 is 11.1 Å². The highest BCUT2D eigenvalue weighted by atomic mass is 16.2. The monoisotopic (exact) mass is 349 g/mol. The van der Waals surface area contributed by atoms with Crippen LogP contribution >= 0.6 is 0 Å². The molecule has 8 heteroatoms. The zero-order valence-corrected chi connectivity index (χ0v) is 13.7. The van der Waals surface area contributed by atoms with Crippen LogP contribution in [0.2, 0.25) is 0 Å². The smallest absolute Gasteiger partial charge is 0.249 e. The van der Waals surface area contributed by atoms with Gasteiger partial charge in [0.1, 0.15) is 5.78 Å². The fraction of sp³-hybridized carbons (Fsp3) is 0.167. The molecule has 2 amide bonds. The van der Waals surface area contributed by atoms with E-state index in [1.165, 1.54) is 4.52 Å². The summed E-state index contributed by atoms with van der Waals surface area (Å²) < 4.78 is 1.52. The molecular formula is C18H15N5O3. The van der Waals surface area contributed by atoms with E-state index in [1.807, 2.05) is 12.1 Å². The second kappa shape index (κ2) is 6.07. The number of amides is 2. The van der Waals surface area contributed by atoms with Crippen molar-refractivity contribution in [1.82, 2.24) is 14.6 Å². The van der Waals surface area contributed by atoms with Gasteiger partial charge in [-0.25, -0.2) is 4.52 Å². The topological polar surface area (TPSA) is 119 Å². The van der Waals surface area contributed by atoms with Gasteiger partial charge >= 0.3 is 0 Å². The number of hydrogen-bond acceptors (Lipinski definition) is 5. The summed E-state index contributed by atoms with van der Waals surface area (Å²) in [5, 5.41) is 6.88. The van der Waals surface area contributed by atoms with Crippen molar-refractivity contribution in [2.75, 3.05) is 5.32 Å². The molecule has 8 nitrogen and oxygen atoms in total. The summed E-state index contributed by atoms with van der Waals surface area (Å²) in [5.74, 6) is -0.797. The van der Waals surface area contributed by atoms with Crippen LogP contribution in [0.3, 0.4) is 0 Å². The van der Waals surface area contributed by atoms with Gasteiger partial charge in [0.25, 0.3) is 0 Å². The number of anilines is 1. The summed E-state index contributed by atoms with van der Waals surface area (Å²) in [5.41, 5.74) is 7.83. The molecule has 0 saturated heterocycles. The third-order valence-corrected chi connectivity index (χ3v) is 4.39. The van der Waals surface area contributed by atoms with E-state index in [2.05, 4.69) is 15.4 Å². The first-order valence-corrected chi connectivity index (χ1v) is 8.09. The zero-order chi connectivity index (χ0) is 18.3. The number of Topliss-reactive ketones (excluding diaryl/α,β-unsaturated/α-hetero) is 1. The van der Waals surface area contributed by atoms with Crippen LogP contribution in [-0.2, 0) is 9.59 Å². The number of pyridine rings is 1. The molecule has 0 radical (unpaired) electrons. The van der Waals surface area contributed by atoms with Gasteiger partial charge in [-0.05, 0) is 23.8 Å². The number of carbonyl (C=O) groups excluding carboxylic acids is 3. The third-order valence-electron chi connectivity index (χ3n) is 4.39. The Kier molecular flexibility index (Phi) is 3.72. The summed E-state index contributed by atoms with van der Waals surface area (Å²) in [6.07, 6.45) is 2.26. The van der Waals surface area contributed by atoms with Crippen LogP contribution in [0.15, 0.2) is 42.6 Å². The SMILES string of the molecule is NC(=O)c1ccccc1-c1ccc2nc(NC(=O)C3CC(=O)C3)nn2c1. The van der Waals surface area contributed by atoms with E-state index < -0.39 is 5.91 Å². The molecule has 26 heavy (non-hydrogen) atoms. The Morgan fingerprint density at radius 3 is 2.65 bits per heavy atom. The summed E-state index contributed by atoms with van der Waals surface area (Å²) in [6, 6.07) is 10.6. The summed E-state index contributed by atoms with van der Waals surface area (Å²) >= 11 is 0.